The highest BCUT2D eigenvalue weighted by atomic mass is 32.2. The Balaban J connectivity index is 5.19. The predicted molar refractivity (Wildman–Crippen MR) is 108 cm³/mol. The second-order valence-electron chi connectivity index (χ2n) is 6.90. The summed E-state index contributed by atoms with van der Waals surface area (Å²) in [6.07, 6.45) is 2.25. The van der Waals surface area contributed by atoms with Crippen molar-refractivity contribution in [3.05, 3.63) is 0 Å². The van der Waals surface area contributed by atoms with Crippen LogP contribution in [0.3, 0.4) is 0 Å². The Kier molecular flexibility index (Phi) is 13.2. The minimum Gasteiger partial charge on any atom is -0.480 e. The minimum absolute atomic E-state index is 0.00879. The molecular formula is C17H32N4O7S. The van der Waals surface area contributed by atoms with Gasteiger partial charge in [-0.1, -0.05) is 13.8 Å². The molecule has 0 bridgehead atoms. The van der Waals surface area contributed by atoms with Gasteiger partial charge in [0.05, 0.1) is 13.2 Å². The SMILES string of the molecule is CSCCC(NC(=O)C(CC(C)C)NC(=O)C(CO)NC(=O)C(N)CO)C(=O)O. The fourth-order valence-electron chi connectivity index (χ4n) is 2.30. The molecule has 0 aliphatic rings. The Bertz CT molecular complexity index is 562. The van der Waals surface area contributed by atoms with Gasteiger partial charge in [0.2, 0.25) is 17.7 Å². The number of carbonyl (C=O) groups is 4. The third-order valence-electron chi connectivity index (χ3n) is 3.91. The van der Waals surface area contributed by atoms with Crippen LogP contribution in [0.4, 0.5) is 0 Å². The maximum Gasteiger partial charge on any atom is 0.326 e. The van der Waals surface area contributed by atoms with E-state index >= 15 is 0 Å². The largest absolute Gasteiger partial charge is 0.480 e. The lowest BCUT2D eigenvalue weighted by Crippen LogP contribution is -2.58. The van der Waals surface area contributed by atoms with E-state index < -0.39 is 61.1 Å². The van der Waals surface area contributed by atoms with Gasteiger partial charge in [-0.25, -0.2) is 4.79 Å². The number of carbonyl (C=O) groups excluding carboxylic acids is 3. The van der Waals surface area contributed by atoms with E-state index in [1.807, 2.05) is 20.1 Å². The molecule has 0 saturated carbocycles. The van der Waals surface area contributed by atoms with Crippen LogP contribution in [-0.4, -0.2) is 88.4 Å². The predicted octanol–water partition coefficient (Wildman–Crippen LogP) is -2.36. The number of carboxylic acid groups (broad SMARTS) is 1. The van der Waals surface area contributed by atoms with Gasteiger partial charge in [-0.2, -0.15) is 11.8 Å². The van der Waals surface area contributed by atoms with Crippen molar-refractivity contribution in [2.24, 2.45) is 11.7 Å². The molecule has 29 heavy (non-hydrogen) atoms. The first-order chi connectivity index (χ1) is 13.6. The highest BCUT2D eigenvalue weighted by Gasteiger charge is 2.30. The molecule has 4 unspecified atom stereocenters. The molecule has 12 heteroatoms. The first-order valence-electron chi connectivity index (χ1n) is 9.17. The highest BCUT2D eigenvalue weighted by molar-refractivity contribution is 7.98. The number of hydrogen-bond donors (Lipinski definition) is 7. The van der Waals surface area contributed by atoms with Crippen LogP contribution in [0.25, 0.3) is 0 Å². The smallest absolute Gasteiger partial charge is 0.326 e. The monoisotopic (exact) mass is 436 g/mol. The Morgan fingerprint density at radius 3 is 1.86 bits per heavy atom. The standard InChI is InChI=1S/C17H32N4O7S/c1-9(2)6-12(15(25)19-11(17(27)28)4-5-29-3)20-16(26)13(8-23)21-14(24)10(18)7-22/h9-13,22-23H,4-8,18H2,1-3H3,(H,19,25)(H,20,26)(H,21,24)(H,27,28). The van der Waals surface area contributed by atoms with Crippen molar-refractivity contribution in [2.45, 2.75) is 50.9 Å². The zero-order valence-electron chi connectivity index (χ0n) is 16.9. The summed E-state index contributed by atoms with van der Waals surface area (Å²) in [6, 6.07) is -4.80. The van der Waals surface area contributed by atoms with E-state index in [1.165, 1.54) is 11.8 Å². The van der Waals surface area contributed by atoms with Crippen LogP contribution in [0.1, 0.15) is 26.7 Å². The number of hydrogen-bond acceptors (Lipinski definition) is 8. The van der Waals surface area contributed by atoms with Crippen molar-refractivity contribution in [1.29, 1.82) is 0 Å². The summed E-state index contributed by atoms with van der Waals surface area (Å²) in [7, 11) is 0. The summed E-state index contributed by atoms with van der Waals surface area (Å²) in [5.41, 5.74) is 5.36. The summed E-state index contributed by atoms with van der Waals surface area (Å²) < 4.78 is 0. The average molecular weight is 437 g/mol. The Hall–Kier alpha value is -1.89. The fraction of sp³-hybridized carbons (Fsp3) is 0.765. The van der Waals surface area contributed by atoms with Crippen LogP contribution in [0.15, 0.2) is 0 Å². The van der Waals surface area contributed by atoms with Crippen molar-refractivity contribution >= 4 is 35.5 Å². The molecule has 4 atom stereocenters. The Morgan fingerprint density at radius 1 is 0.897 bits per heavy atom. The maximum absolute atomic E-state index is 12.6. The average Bonchev–Trinajstić information content (AvgIpc) is 2.66. The Labute approximate surface area is 174 Å². The van der Waals surface area contributed by atoms with Gasteiger partial charge in [0.1, 0.15) is 24.2 Å². The zero-order valence-corrected chi connectivity index (χ0v) is 17.7. The van der Waals surface area contributed by atoms with Crippen molar-refractivity contribution in [1.82, 2.24) is 16.0 Å². The third-order valence-corrected chi connectivity index (χ3v) is 4.56. The first kappa shape index (κ1) is 27.1. The summed E-state index contributed by atoms with van der Waals surface area (Å²) in [5, 5.41) is 34.6. The number of aliphatic hydroxyl groups is 2. The molecule has 0 heterocycles. The normalized spacial score (nSPS) is 15.1. The summed E-state index contributed by atoms with van der Waals surface area (Å²) >= 11 is 1.44. The Morgan fingerprint density at radius 2 is 1.41 bits per heavy atom. The second kappa shape index (κ2) is 14.1. The van der Waals surface area contributed by atoms with Crippen LogP contribution in [0.5, 0.6) is 0 Å². The number of aliphatic hydroxyl groups excluding tert-OH is 2. The van der Waals surface area contributed by atoms with Crippen LogP contribution in [-0.2, 0) is 19.2 Å². The van der Waals surface area contributed by atoms with Gasteiger partial charge in [-0.15, -0.1) is 0 Å². The summed E-state index contributed by atoms with van der Waals surface area (Å²) in [5.74, 6) is -3.00. The number of aliphatic carboxylic acids is 1. The molecule has 0 saturated heterocycles. The van der Waals surface area contributed by atoms with E-state index in [0.717, 1.165) is 0 Å². The number of nitrogens with one attached hydrogen (secondary N) is 3. The number of carboxylic acids is 1. The van der Waals surface area contributed by atoms with Crippen LogP contribution >= 0.6 is 11.8 Å². The number of nitrogens with two attached hydrogens (primary N) is 1. The van der Waals surface area contributed by atoms with Crippen molar-refractivity contribution in [3.63, 3.8) is 0 Å². The number of rotatable bonds is 14. The van der Waals surface area contributed by atoms with Gasteiger partial charge in [0.15, 0.2) is 0 Å². The number of amides is 3. The summed E-state index contributed by atoms with van der Waals surface area (Å²) in [4.78, 5) is 48.1. The molecule has 0 radical (unpaired) electrons. The van der Waals surface area contributed by atoms with Gasteiger partial charge < -0.3 is 37.0 Å². The molecule has 11 nitrogen and oxygen atoms in total. The third kappa shape index (κ3) is 10.5. The molecule has 0 aliphatic heterocycles. The molecule has 3 amide bonds. The zero-order chi connectivity index (χ0) is 22.6. The van der Waals surface area contributed by atoms with E-state index in [1.54, 1.807) is 0 Å². The minimum atomic E-state index is -1.38. The molecule has 168 valence electrons. The van der Waals surface area contributed by atoms with E-state index in [-0.39, 0.29) is 18.8 Å². The fourth-order valence-corrected chi connectivity index (χ4v) is 2.77. The van der Waals surface area contributed by atoms with Gasteiger partial charge in [0, 0.05) is 0 Å². The molecule has 0 rings (SSSR count). The van der Waals surface area contributed by atoms with Crippen LogP contribution < -0.4 is 21.7 Å². The molecule has 8 N–H and O–H groups in total. The molecule has 0 aliphatic carbocycles. The molecule has 0 aromatic rings. The number of thioether (sulfide) groups is 1. The quantitative estimate of drug-likeness (QED) is 0.156. The van der Waals surface area contributed by atoms with Crippen molar-refractivity contribution < 1.29 is 34.5 Å². The van der Waals surface area contributed by atoms with Gasteiger partial charge in [-0.05, 0) is 30.8 Å². The van der Waals surface area contributed by atoms with Crippen LogP contribution in [0, 0.1) is 5.92 Å². The van der Waals surface area contributed by atoms with Crippen LogP contribution in [0.2, 0.25) is 0 Å². The highest BCUT2D eigenvalue weighted by Crippen LogP contribution is 2.08. The van der Waals surface area contributed by atoms with E-state index in [9.17, 15) is 29.4 Å². The maximum atomic E-state index is 12.6. The molecule has 0 aromatic heterocycles. The van der Waals surface area contributed by atoms with Gasteiger partial charge in [-0.3, -0.25) is 14.4 Å². The molecular weight excluding hydrogens is 404 g/mol. The molecule has 0 fully saturated rings. The van der Waals surface area contributed by atoms with E-state index in [0.29, 0.717) is 5.75 Å². The lowest BCUT2D eigenvalue weighted by atomic mass is 10.0. The van der Waals surface area contributed by atoms with Crippen molar-refractivity contribution in [2.75, 3.05) is 25.2 Å². The molecule has 0 spiro atoms. The summed E-state index contributed by atoms with van der Waals surface area (Å²) in [6.45, 7) is 2.24. The lowest BCUT2D eigenvalue weighted by molar-refractivity contribution is -0.142. The first-order valence-corrected chi connectivity index (χ1v) is 10.6. The van der Waals surface area contributed by atoms with E-state index in [4.69, 9.17) is 10.8 Å². The lowest BCUT2D eigenvalue weighted by Gasteiger charge is -2.25. The van der Waals surface area contributed by atoms with Gasteiger partial charge in [0.25, 0.3) is 0 Å². The van der Waals surface area contributed by atoms with E-state index in [2.05, 4.69) is 16.0 Å². The topological polar surface area (TPSA) is 191 Å². The second-order valence-corrected chi connectivity index (χ2v) is 7.89. The molecule has 0 aromatic carbocycles. The van der Waals surface area contributed by atoms with Gasteiger partial charge >= 0.3 is 5.97 Å². The van der Waals surface area contributed by atoms with Crippen molar-refractivity contribution in [3.8, 4) is 0 Å².